The van der Waals surface area contributed by atoms with E-state index in [0.29, 0.717) is 24.2 Å². The molecule has 0 bridgehead atoms. The Morgan fingerprint density at radius 1 is 1.58 bits per heavy atom. The van der Waals surface area contributed by atoms with Crippen LogP contribution in [-0.4, -0.2) is 36.6 Å². The standard InChI is InChI=1S/C15H18N2O2/c1-2-17(11-14-7-4-8-19-14)15(18)13-6-3-5-12(9-13)10-16/h3,5-6,9,14H,2,4,7-8,11H2,1H3. The largest absolute Gasteiger partial charge is 0.376 e. The fourth-order valence-corrected chi connectivity index (χ4v) is 2.29. The van der Waals surface area contributed by atoms with Gasteiger partial charge in [-0.25, -0.2) is 0 Å². The van der Waals surface area contributed by atoms with E-state index in [4.69, 9.17) is 10.00 Å². The van der Waals surface area contributed by atoms with Crippen LogP contribution in [0.15, 0.2) is 24.3 Å². The summed E-state index contributed by atoms with van der Waals surface area (Å²) in [5.41, 5.74) is 1.08. The van der Waals surface area contributed by atoms with E-state index < -0.39 is 0 Å². The van der Waals surface area contributed by atoms with Crippen molar-refractivity contribution in [2.24, 2.45) is 0 Å². The van der Waals surface area contributed by atoms with Gasteiger partial charge in [0.15, 0.2) is 0 Å². The average molecular weight is 258 g/mol. The summed E-state index contributed by atoms with van der Waals surface area (Å²) in [5.74, 6) is -0.0323. The number of amides is 1. The second-order valence-electron chi connectivity index (χ2n) is 4.67. The van der Waals surface area contributed by atoms with Gasteiger partial charge >= 0.3 is 0 Å². The Morgan fingerprint density at radius 2 is 2.42 bits per heavy atom. The number of ether oxygens (including phenoxy) is 1. The minimum atomic E-state index is -0.0323. The van der Waals surface area contributed by atoms with Crippen molar-refractivity contribution in [3.63, 3.8) is 0 Å². The summed E-state index contributed by atoms with van der Waals surface area (Å²) in [6.45, 7) is 4.03. The van der Waals surface area contributed by atoms with Gasteiger partial charge in [0.25, 0.3) is 5.91 Å². The van der Waals surface area contributed by atoms with E-state index in [-0.39, 0.29) is 12.0 Å². The van der Waals surface area contributed by atoms with Gasteiger partial charge in [-0.1, -0.05) is 6.07 Å². The zero-order valence-corrected chi connectivity index (χ0v) is 11.1. The van der Waals surface area contributed by atoms with Crippen molar-refractivity contribution in [1.29, 1.82) is 5.26 Å². The van der Waals surface area contributed by atoms with E-state index in [9.17, 15) is 4.79 Å². The first-order chi connectivity index (χ1) is 9.24. The summed E-state index contributed by atoms with van der Waals surface area (Å²) in [6.07, 6.45) is 2.24. The molecular formula is C15H18N2O2. The minimum Gasteiger partial charge on any atom is -0.376 e. The molecule has 1 fully saturated rings. The highest BCUT2D eigenvalue weighted by molar-refractivity contribution is 5.94. The van der Waals surface area contributed by atoms with E-state index in [1.54, 1.807) is 29.2 Å². The number of likely N-dealkylation sites (N-methyl/N-ethyl adjacent to an activating group) is 1. The van der Waals surface area contributed by atoms with Crippen LogP contribution in [-0.2, 0) is 4.74 Å². The molecule has 1 aromatic carbocycles. The highest BCUT2D eigenvalue weighted by Gasteiger charge is 2.22. The molecule has 0 radical (unpaired) electrons. The number of carbonyl (C=O) groups is 1. The van der Waals surface area contributed by atoms with Crippen LogP contribution in [0.4, 0.5) is 0 Å². The maximum absolute atomic E-state index is 12.4. The molecule has 1 unspecified atom stereocenters. The fraction of sp³-hybridized carbons (Fsp3) is 0.467. The van der Waals surface area contributed by atoms with Crippen molar-refractivity contribution >= 4 is 5.91 Å². The molecule has 2 rings (SSSR count). The lowest BCUT2D eigenvalue weighted by molar-refractivity contribution is 0.0539. The molecule has 1 aromatic rings. The summed E-state index contributed by atoms with van der Waals surface area (Å²) in [7, 11) is 0. The lowest BCUT2D eigenvalue weighted by atomic mass is 10.1. The molecule has 100 valence electrons. The summed E-state index contributed by atoms with van der Waals surface area (Å²) in [6, 6.07) is 8.89. The van der Waals surface area contributed by atoms with Crippen LogP contribution in [0.3, 0.4) is 0 Å². The summed E-state index contributed by atoms with van der Waals surface area (Å²) >= 11 is 0. The fourth-order valence-electron chi connectivity index (χ4n) is 2.29. The Balaban J connectivity index is 2.08. The lowest BCUT2D eigenvalue weighted by Gasteiger charge is -2.24. The monoisotopic (exact) mass is 258 g/mol. The second-order valence-corrected chi connectivity index (χ2v) is 4.67. The molecule has 4 nitrogen and oxygen atoms in total. The van der Waals surface area contributed by atoms with Crippen LogP contribution in [0, 0.1) is 11.3 Å². The van der Waals surface area contributed by atoms with Gasteiger partial charge in [-0.15, -0.1) is 0 Å². The van der Waals surface area contributed by atoms with E-state index in [1.807, 2.05) is 6.92 Å². The average Bonchev–Trinajstić information content (AvgIpc) is 2.97. The van der Waals surface area contributed by atoms with Crippen molar-refractivity contribution in [2.45, 2.75) is 25.9 Å². The molecule has 0 spiro atoms. The van der Waals surface area contributed by atoms with E-state index in [1.165, 1.54) is 0 Å². The highest BCUT2D eigenvalue weighted by Crippen LogP contribution is 2.15. The summed E-state index contributed by atoms with van der Waals surface area (Å²) < 4.78 is 5.57. The summed E-state index contributed by atoms with van der Waals surface area (Å²) in [4.78, 5) is 14.2. The number of nitriles is 1. The number of hydrogen-bond acceptors (Lipinski definition) is 3. The molecule has 0 N–H and O–H groups in total. The van der Waals surface area contributed by atoms with Gasteiger partial charge in [-0.2, -0.15) is 5.26 Å². The number of carbonyl (C=O) groups excluding carboxylic acids is 1. The molecule has 0 aliphatic carbocycles. The van der Waals surface area contributed by atoms with E-state index in [0.717, 1.165) is 19.4 Å². The Kier molecular flexibility index (Phi) is 4.53. The number of nitrogens with zero attached hydrogens (tertiary/aromatic N) is 2. The number of hydrogen-bond donors (Lipinski definition) is 0. The second kappa shape index (κ2) is 6.35. The van der Waals surface area contributed by atoms with Crippen molar-refractivity contribution in [1.82, 2.24) is 4.90 Å². The number of rotatable bonds is 4. The van der Waals surface area contributed by atoms with Crippen molar-refractivity contribution in [2.75, 3.05) is 19.7 Å². The van der Waals surface area contributed by atoms with Gasteiger partial charge < -0.3 is 9.64 Å². The third-order valence-electron chi connectivity index (χ3n) is 3.36. The van der Waals surface area contributed by atoms with Crippen molar-refractivity contribution in [3.8, 4) is 6.07 Å². The molecule has 1 heterocycles. The Bertz CT molecular complexity index is 487. The first-order valence-electron chi connectivity index (χ1n) is 6.65. The smallest absolute Gasteiger partial charge is 0.253 e. The van der Waals surface area contributed by atoms with Crippen LogP contribution in [0.25, 0.3) is 0 Å². The molecule has 0 saturated carbocycles. The van der Waals surface area contributed by atoms with Crippen LogP contribution >= 0.6 is 0 Å². The zero-order valence-electron chi connectivity index (χ0n) is 11.1. The predicted octanol–water partition coefficient (Wildman–Crippen LogP) is 2.20. The third-order valence-corrected chi connectivity index (χ3v) is 3.36. The molecule has 1 aliphatic rings. The number of benzene rings is 1. The molecule has 19 heavy (non-hydrogen) atoms. The predicted molar refractivity (Wildman–Crippen MR) is 71.7 cm³/mol. The molecule has 1 atom stereocenters. The van der Waals surface area contributed by atoms with Crippen LogP contribution in [0.1, 0.15) is 35.7 Å². The van der Waals surface area contributed by atoms with Gasteiger partial charge in [0, 0.05) is 25.3 Å². The molecule has 1 aliphatic heterocycles. The molecule has 1 amide bonds. The first-order valence-corrected chi connectivity index (χ1v) is 6.65. The van der Waals surface area contributed by atoms with Crippen LogP contribution < -0.4 is 0 Å². The minimum absolute atomic E-state index is 0.0323. The molecular weight excluding hydrogens is 240 g/mol. The van der Waals surface area contributed by atoms with E-state index >= 15 is 0 Å². The molecule has 4 heteroatoms. The third kappa shape index (κ3) is 3.33. The Labute approximate surface area is 113 Å². The van der Waals surface area contributed by atoms with Gasteiger partial charge in [0.1, 0.15) is 0 Å². The normalized spacial score (nSPS) is 18.0. The van der Waals surface area contributed by atoms with Crippen molar-refractivity contribution < 1.29 is 9.53 Å². The molecule has 0 aromatic heterocycles. The SMILES string of the molecule is CCN(CC1CCCO1)C(=O)c1cccc(C#N)c1. The summed E-state index contributed by atoms with van der Waals surface area (Å²) in [5, 5.41) is 8.87. The van der Waals surface area contributed by atoms with Gasteiger partial charge in [0.2, 0.25) is 0 Å². The lowest BCUT2D eigenvalue weighted by Crippen LogP contribution is -2.37. The van der Waals surface area contributed by atoms with Crippen molar-refractivity contribution in [3.05, 3.63) is 35.4 Å². The quantitative estimate of drug-likeness (QED) is 0.832. The topological polar surface area (TPSA) is 53.3 Å². The Hall–Kier alpha value is -1.86. The maximum Gasteiger partial charge on any atom is 0.253 e. The van der Waals surface area contributed by atoms with E-state index in [2.05, 4.69) is 6.07 Å². The molecule has 1 saturated heterocycles. The zero-order chi connectivity index (χ0) is 13.7. The van der Waals surface area contributed by atoms with Gasteiger partial charge in [-0.05, 0) is 38.0 Å². The highest BCUT2D eigenvalue weighted by atomic mass is 16.5. The first kappa shape index (κ1) is 13.6. The Morgan fingerprint density at radius 3 is 3.05 bits per heavy atom. The van der Waals surface area contributed by atoms with Gasteiger partial charge in [-0.3, -0.25) is 4.79 Å². The van der Waals surface area contributed by atoms with Gasteiger partial charge in [0.05, 0.1) is 17.7 Å². The maximum atomic E-state index is 12.4. The van der Waals surface area contributed by atoms with Crippen LogP contribution in [0.2, 0.25) is 0 Å². The van der Waals surface area contributed by atoms with Crippen LogP contribution in [0.5, 0.6) is 0 Å².